The van der Waals surface area contributed by atoms with Crippen molar-refractivity contribution in [2.24, 2.45) is 0 Å². The summed E-state index contributed by atoms with van der Waals surface area (Å²) in [5.74, 6) is 0.888. The Morgan fingerprint density at radius 1 is 1.69 bits per heavy atom. The Bertz CT molecular complexity index is 305. The van der Waals surface area contributed by atoms with E-state index >= 15 is 0 Å². The Labute approximate surface area is 77.5 Å². The summed E-state index contributed by atoms with van der Waals surface area (Å²) in [7, 11) is 1.64. The smallest absolute Gasteiger partial charge is 0.177 e. The molecule has 0 saturated carbocycles. The van der Waals surface area contributed by atoms with Crippen molar-refractivity contribution in [3.05, 3.63) is 17.7 Å². The van der Waals surface area contributed by atoms with Crippen LogP contribution in [0.15, 0.2) is 6.20 Å². The summed E-state index contributed by atoms with van der Waals surface area (Å²) >= 11 is 0. The minimum atomic E-state index is 0.0386. The number of ether oxygens (including phenoxy) is 1. The molecule has 0 aliphatic carbocycles. The van der Waals surface area contributed by atoms with Crippen LogP contribution >= 0.6 is 0 Å². The topological polar surface area (TPSA) is 44.1 Å². The number of aromatic nitrogens is 2. The molecule has 0 unspecified atom stereocenters. The van der Waals surface area contributed by atoms with Crippen LogP contribution in [0.1, 0.15) is 23.2 Å². The maximum absolute atomic E-state index is 11.1. The van der Waals surface area contributed by atoms with E-state index in [1.165, 1.54) is 0 Å². The first-order valence-corrected chi connectivity index (χ1v) is 4.18. The Hall–Kier alpha value is -1.16. The maximum Gasteiger partial charge on any atom is 0.177 e. The van der Waals surface area contributed by atoms with Crippen LogP contribution in [0.5, 0.6) is 0 Å². The molecule has 0 fully saturated rings. The first-order valence-electron chi connectivity index (χ1n) is 4.18. The van der Waals surface area contributed by atoms with Crippen LogP contribution in [0.3, 0.4) is 0 Å². The van der Waals surface area contributed by atoms with Gasteiger partial charge in [-0.2, -0.15) is 0 Å². The largest absolute Gasteiger partial charge is 0.383 e. The number of nitrogens with zero attached hydrogens (tertiary/aromatic N) is 2. The van der Waals surface area contributed by atoms with Gasteiger partial charge in [-0.25, -0.2) is 4.98 Å². The normalized spacial score (nSPS) is 10.4. The van der Waals surface area contributed by atoms with Gasteiger partial charge in [-0.05, 0) is 6.92 Å². The lowest BCUT2D eigenvalue weighted by Gasteiger charge is -2.06. The molecule has 0 radical (unpaired) electrons. The minimum Gasteiger partial charge on any atom is -0.383 e. The highest BCUT2D eigenvalue weighted by Crippen LogP contribution is 2.05. The second-order valence-corrected chi connectivity index (χ2v) is 2.89. The van der Waals surface area contributed by atoms with E-state index in [4.69, 9.17) is 4.74 Å². The van der Waals surface area contributed by atoms with E-state index in [9.17, 15) is 4.79 Å². The van der Waals surface area contributed by atoms with Crippen molar-refractivity contribution in [2.75, 3.05) is 13.7 Å². The molecular formula is C9H14N2O2. The summed E-state index contributed by atoms with van der Waals surface area (Å²) in [4.78, 5) is 15.2. The molecule has 4 heteroatoms. The molecule has 1 rings (SSSR count). The molecule has 13 heavy (non-hydrogen) atoms. The van der Waals surface area contributed by atoms with Gasteiger partial charge in [-0.3, -0.25) is 4.79 Å². The molecule has 4 nitrogen and oxygen atoms in total. The van der Waals surface area contributed by atoms with E-state index in [2.05, 4.69) is 4.98 Å². The summed E-state index contributed by atoms with van der Waals surface area (Å²) in [6.07, 6.45) is 1.60. The summed E-state index contributed by atoms with van der Waals surface area (Å²) in [5, 5.41) is 0. The van der Waals surface area contributed by atoms with Crippen LogP contribution in [0.2, 0.25) is 0 Å². The van der Waals surface area contributed by atoms with Crippen molar-refractivity contribution in [3.8, 4) is 0 Å². The molecular weight excluding hydrogens is 168 g/mol. The van der Waals surface area contributed by atoms with E-state index in [0.717, 1.165) is 5.82 Å². The zero-order valence-corrected chi connectivity index (χ0v) is 8.20. The number of aryl methyl sites for hydroxylation is 1. The van der Waals surface area contributed by atoms with Gasteiger partial charge in [0.2, 0.25) is 0 Å². The van der Waals surface area contributed by atoms with Gasteiger partial charge < -0.3 is 9.30 Å². The lowest BCUT2D eigenvalue weighted by molar-refractivity contribution is 0.100. The standard InChI is InChI=1S/C9H14N2O2/c1-7(12)9-6-10-8(2)11(9)4-5-13-3/h6H,4-5H2,1-3H3. The maximum atomic E-state index is 11.1. The minimum absolute atomic E-state index is 0.0386. The third-order valence-electron chi connectivity index (χ3n) is 1.93. The second kappa shape index (κ2) is 4.18. The van der Waals surface area contributed by atoms with Gasteiger partial charge in [0.15, 0.2) is 5.78 Å². The van der Waals surface area contributed by atoms with E-state index in [1.54, 1.807) is 20.2 Å². The van der Waals surface area contributed by atoms with Crippen molar-refractivity contribution in [2.45, 2.75) is 20.4 Å². The highest BCUT2D eigenvalue weighted by Gasteiger charge is 2.09. The SMILES string of the molecule is COCCn1c(C(C)=O)cnc1C. The van der Waals surface area contributed by atoms with Crippen molar-refractivity contribution < 1.29 is 9.53 Å². The number of imidazole rings is 1. The third-order valence-corrected chi connectivity index (χ3v) is 1.93. The molecule has 1 aromatic rings. The van der Waals surface area contributed by atoms with E-state index in [0.29, 0.717) is 18.8 Å². The van der Waals surface area contributed by atoms with E-state index < -0.39 is 0 Å². The molecule has 0 N–H and O–H groups in total. The lowest BCUT2D eigenvalue weighted by Crippen LogP contribution is -2.11. The van der Waals surface area contributed by atoms with E-state index in [1.807, 2.05) is 11.5 Å². The fourth-order valence-electron chi connectivity index (χ4n) is 1.21. The van der Waals surface area contributed by atoms with Crippen molar-refractivity contribution in [3.63, 3.8) is 0 Å². The number of ketones is 1. The Morgan fingerprint density at radius 2 is 2.38 bits per heavy atom. The van der Waals surface area contributed by atoms with Gasteiger partial charge in [0.1, 0.15) is 11.5 Å². The third kappa shape index (κ3) is 2.15. The number of carbonyl (C=O) groups excluding carboxylic acids is 1. The van der Waals surface area contributed by atoms with Gasteiger partial charge >= 0.3 is 0 Å². The fraction of sp³-hybridized carbons (Fsp3) is 0.556. The van der Waals surface area contributed by atoms with Gasteiger partial charge in [0.05, 0.1) is 12.8 Å². The summed E-state index contributed by atoms with van der Waals surface area (Å²) in [6, 6.07) is 0. The first-order chi connectivity index (χ1) is 6.16. The molecule has 0 aliphatic rings. The molecule has 0 aromatic carbocycles. The van der Waals surface area contributed by atoms with Crippen molar-refractivity contribution in [1.29, 1.82) is 0 Å². The lowest BCUT2D eigenvalue weighted by atomic mass is 10.3. The Kier molecular flexibility index (Phi) is 3.19. The molecule has 0 spiro atoms. The molecule has 0 amide bonds. The number of Topliss-reactive ketones (excluding diaryl/α,β-unsaturated/α-hetero) is 1. The van der Waals surface area contributed by atoms with Crippen LogP contribution < -0.4 is 0 Å². The average molecular weight is 182 g/mol. The predicted molar refractivity (Wildman–Crippen MR) is 48.8 cm³/mol. The number of rotatable bonds is 4. The summed E-state index contributed by atoms with van der Waals surface area (Å²) in [5.41, 5.74) is 0.648. The fourth-order valence-corrected chi connectivity index (χ4v) is 1.21. The number of carbonyl (C=O) groups is 1. The van der Waals surface area contributed by atoms with Crippen LogP contribution in [-0.2, 0) is 11.3 Å². The van der Waals surface area contributed by atoms with Gasteiger partial charge in [-0.15, -0.1) is 0 Å². The van der Waals surface area contributed by atoms with Gasteiger partial charge in [0, 0.05) is 20.6 Å². The van der Waals surface area contributed by atoms with Crippen LogP contribution in [0, 0.1) is 6.92 Å². The second-order valence-electron chi connectivity index (χ2n) is 2.89. The molecule has 0 atom stereocenters. The Balaban J connectivity index is 2.88. The highest BCUT2D eigenvalue weighted by molar-refractivity contribution is 5.92. The molecule has 0 bridgehead atoms. The number of methoxy groups -OCH3 is 1. The Morgan fingerprint density at radius 3 is 2.92 bits per heavy atom. The highest BCUT2D eigenvalue weighted by atomic mass is 16.5. The average Bonchev–Trinajstić information content (AvgIpc) is 2.43. The van der Waals surface area contributed by atoms with Crippen LogP contribution in [0.4, 0.5) is 0 Å². The summed E-state index contributed by atoms with van der Waals surface area (Å²) in [6.45, 7) is 4.69. The summed E-state index contributed by atoms with van der Waals surface area (Å²) < 4.78 is 6.81. The monoisotopic (exact) mass is 182 g/mol. The number of hydrogen-bond donors (Lipinski definition) is 0. The molecule has 1 aromatic heterocycles. The zero-order chi connectivity index (χ0) is 9.84. The van der Waals surface area contributed by atoms with Gasteiger partial charge in [-0.1, -0.05) is 0 Å². The molecule has 1 heterocycles. The predicted octanol–water partition coefficient (Wildman–Crippen LogP) is 1.04. The first kappa shape index (κ1) is 9.92. The molecule has 72 valence electrons. The molecule has 0 aliphatic heterocycles. The van der Waals surface area contributed by atoms with Crippen LogP contribution in [-0.4, -0.2) is 29.1 Å². The van der Waals surface area contributed by atoms with E-state index in [-0.39, 0.29) is 5.78 Å². The quantitative estimate of drug-likeness (QED) is 0.653. The van der Waals surface area contributed by atoms with Crippen molar-refractivity contribution >= 4 is 5.78 Å². The van der Waals surface area contributed by atoms with Crippen LogP contribution in [0.25, 0.3) is 0 Å². The molecule has 0 saturated heterocycles. The number of hydrogen-bond acceptors (Lipinski definition) is 3. The van der Waals surface area contributed by atoms with Crippen molar-refractivity contribution in [1.82, 2.24) is 9.55 Å². The zero-order valence-electron chi connectivity index (χ0n) is 8.20. The van der Waals surface area contributed by atoms with Gasteiger partial charge in [0.25, 0.3) is 0 Å².